The number of anilines is 1. The number of amides is 1. The van der Waals surface area contributed by atoms with E-state index in [1.165, 1.54) is 11.8 Å². The first-order chi connectivity index (χ1) is 18.0. The predicted molar refractivity (Wildman–Crippen MR) is 142 cm³/mol. The van der Waals surface area contributed by atoms with Crippen molar-refractivity contribution in [3.8, 4) is 28.7 Å². The Morgan fingerprint density at radius 3 is 2.35 bits per heavy atom. The van der Waals surface area contributed by atoms with E-state index in [0.717, 1.165) is 5.69 Å². The molecule has 1 unspecified atom stereocenters. The number of nitrogens with zero attached hydrogens (tertiary/aromatic N) is 3. The molecule has 0 bridgehead atoms. The molecule has 0 fully saturated rings. The fraction of sp³-hybridized carbons (Fsp3) is 0.222. The third-order valence-corrected chi connectivity index (χ3v) is 6.33. The predicted octanol–water partition coefficient (Wildman–Crippen LogP) is 5.16. The molecule has 0 aliphatic heterocycles. The Hall–Kier alpha value is -4.18. The van der Waals surface area contributed by atoms with E-state index >= 15 is 0 Å². The number of aromatic nitrogens is 3. The Morgan fingerprint density at radius 1 is 0.892 bits per heavy atom. The molecule has 3 aromatic carbocycles. The summed E-state index contributed by atoms with van der Waals surface area (Å²) in [4.78, 5) is 12.8. The highest BCUT2D eigenvalue weighted by molar-refractivity contribution is 7.99. The minimum absolute atomic E-state index is 0.108. The molecule has 4 aromatic rings. The summed E-state index contributed by atoms with van der Waals surface area (Å²) in [6.45, 7) is 1.90. The second-order valence-electron chi connectivity index (χ2n) is 7.85. The first-order valence-electron chi connectivity index (χ1n) is 11.5. The van der Waals surface area contributed by atoms with Crippen molar-refractivity contribution in [1.82, 2.24) is 14.8 Å². The van der Waals surface area contributed by atoms with Crippen LogP contribution >= 0.6 is 11.8 Å². The van der Waals surface area contributed by atoms with Gasteiger partial charge in [-0.2, -0.15) is 0 Å². The molecule has 0 radical (unpaired) electrons. The lowest BCUT2D eigenvalue weighted by Gasteiger charge is -2.17. The monoisotopic (exact) mass is 520 g/mol. The van der Waals surface area contributed by atoms with Crippen LogP contribution in [0.2, 0.25) is 0 Å². The minimum Gasteiger partial charge on any atom is -0.497 e. The van der Waals surface area contributed by atoms with Gasteiger partial charge in [0.05, 0.1) is 32.8 Å². The molecule has 1 amide bonds. The number of carbonyl (C=O) groups is 1. The van der Waals surface area contributed by atoms with Crippen LogP contribution in [0.4, 0.5) is 5.69 Å². The molecule has 0 saturated heterocycles. The van der Waals surface area contributed by atoms with E-state index in [1.54, 1.807) is 39.5 Å². The fourth-order valence-electron chi connectivity index (χ4n) is 3.62. The van der Waals surface area contributed by atoms with Crippen LogP contribution < -0.4 is 24.3 Å². The van der Waals surface area contributed by atoms with E-state index in [9.17, 15) is 4.79 Å². The quantitative estimate of drug-likeness (QED) is 0.271. The van der Waals surface area contributed by atoms with Crippen LogP contribution in [0, 0.1) is 0 Å². The summed E-state index contributed by atoms with van der Waals surface area (Å²) in [5.74, 6) is 2.99. The van der Waals surface area contributed by atoms with Crippen molar-refractivity contribution >= 4 is 23.4 Å². The van der Waals surface area contributed by atoms with Gasteiger partial charge in [0.1, 0.15) is 23.0 Å². The minimum atomic E-state index is -0.427. The number of thioether (sulfide) groups is 1. The molecule has 1 heterocycles. The number of hydrogen-bond donors (Lipinski definition) is 1. The van der Waals surface area contributed by atoms with E-state index in [4.69, 9.17) is 18.9 Å². The zero-order chi connectivity index (χ0) is 26.2. The Balaban J connectivity index is 1.54. The van der Waals surface area contributed by atoms with Gasteiger partial charge in [-0.25, -0.2) is 0 Å². The number of ether oxygens (including phenoxy) is 4. The molecule has 37 heavy (non-hydrogen) atoms. The van der Waals surface area contributed by atoms with Gasteiger partial charge in [0, 0.05) is 17.8 Å². The maximum absolute atomic E-state index is 12.8. The van der Waals surface area contributed by atoms with Gasteiger partial charge in [-0.15, -0.1) is 10.2 Å². The molecule has 1 atom stereocenters. The summed E-state index contributed by atoms with van der Waals surface area (Å²) in [6, 6.07) is 22.3. The molecule has 0 spiro atoms. The Bertz CT molecular complexity index is 1350. The summed E-state index contributed by atoms with van der Waals surface area (Å²) in [7, 11) is 4.72. The number of benzene rings is 3. The lowest BCUT2D eigenvalue weighted by atomic mass is 10.2. The zero-order valence-corrected chi connectivity index (χ0v) is 21.8. The van der Waals surface area contributed by atoms with Crippen LogP contribution in [-0.4, -0.2) is 47.8 Å². The summed E-state index contributed by atoms with van der Waals surface area (Å²) in [6.07, 6.45) is -0.427. The van der Waals surface area contributed by atoms with Crippen molar-refractivity contribution in [1.29, 1.82) is 0 Å². The molecule has 192 valence electrons. The van der Waals surface area contributed by atoms with E-state index in [0.29, 0.717) is 39.7 Å². The summed E-state index contributed by atoms with van der Waals surface area (Å²) < 4.78 is 24.0. The third-order valence-electron chi connectivity index (χ3n) is 5.40. The van der Waals surface area contributed by atoms with Gasteiger partial charge in [0.25, 0.3) is 0 Å². The molecule has 9 nitrogen and oxygen atoms in total. The highest BCUT2D eigenvalue weighted by Gasteiger charge is 2.22. The number of carbonyl (C=O) groups excluding carboxylic acids is 1. The molecule has 10 heteroatoms. The molecule has 1 N–H and O–H groups in total. The average Bonchev–Trinajstić information content (AvgIpc) is 3.36. The zero-order valence-electron chi connectivity index (χ0n) is 21.0. The second-order valence-corrected chi connectivity index (χ2v) is 8.80. The lowest BCUT2D eigenvalue weighted by Crippen LogP contribution is -2.16. The van der Waals surface area contributed by atoms with E-state index in [-0.39, 0.29) is 11.7 Å². The fourth-order valence-corrected chi connectivity index (χ4v) is 4.38. The number of hydrogen-bond acceptors (Lipinski definition) is 8. The third kappa shape index (κ3) is 6.34. The molecule has 0 saturated carbocycles. The van der Waals surface area contributed by atoms with Crippen LogP contribution in [0.3, 0.4) is 0 Å². The van der Waals surface area contributed by atoms with Crippen LogP contribution in [0.1, 0.15) is 18.9 Å². The summed E-state index contributed by atoms with van der Waals surface area (Å²) >= 11 is 1.27. The van der Waals surface area contributed by atoms with Crippen LogP contribution in [0.5, 0.6) is 23.0 Å². The number of rotatable bonds is 11. The first-order valence-corrected chi connectivity index (χ1v) is 12.5. The number of para-hydroxylation sites is 1. The van der Waals surface area contributed by atoms with Gasteiger partial charge in [-0.1, -0.05) is 36.0 Å². The van der Waals surface area contributed by atoms with E-state index < -0.39 is 6.10 Å². The van der Waals surface area contributed by atoms with Gasteiger partial charge in [0.2, 0.25) is 5.91 Å². The second kappa shape index (κ2) is 12.2. The maximum atomic E-state index is 12.8. The van der Waals surface area contributed by atoms with Crippen molar-refractivity contribution in [2.24, 2.45) is 0 Å². The van der Waals surface area contributed by atoms with Gasteiger partial charge in [-0.3, -0.25) is 9.36 Å². The van der Waals surface area contributed by atoms with E-state index in [2.05, 4.69) is 15.5 Å². The van der Waals surface area contributed by atoms with Crippen molar-refractivity contribution in [3.05, 3.63) is 78.6 Å². The summed E-state index contributed by atoms with van der Waals surface area (Å²) in [5.41, 5.74) is 1.39. The van der Waals surface area contributed by atoms with Gasteiger partial charge in [-0.05, 0) is 43.3 Å². The molecule has 0 aliphatic carbocycles. The largest absolute Gasteiger partial charge is 0.497 e. The Labute approximate surface area is 219 Å². The van der Waals surface area contributed by atoms with Gasteiger partial charge < -0.3 is 24.3 Å². The molecule has 1 aromatic heterocycles. The SMILES string of the molecule is COc1cccc(OC(C)c2nnc(SCC(=O)Nc3cc(OC)ccc3OC)n2-c2ccccc2)c1. The van der Waals surface area contributed by atoms with Crippen molar-refractivity contribution in [2.75, 3.05) is 32.4 Å². The molecule has 0 aliphatic rings. The van der Waals surface area contributed by atoms with Crippen molar-refractivity contribution in [2.45, 2.75) is 18.2 Å². The van der Waals surface area contributed by atoms with Crippen molar-refractivity contribution < 1.29 is 23.7 Å². The van der Waals surface area contributed by atoms with Crippen LogP contribution in [-0.2, 0) is 4.79 Å². The smallest absolute Gasteiger partial charge is 0.234 e. The highest BCUT2D eigenvalue weighted by Crippen LogP contribution is 2.31. The first kappa shape index (κ1) is 25.9. The number of nitrogens with one attached hydrogen (secondary N) is 1. The normalized spacial score (nSPS) is 11.5. The van der Waals surface area contributed by atoms with E-state index in [1.807, 2.05) is 66.1 Å². The topological polar surface area (TPSA) is 96.7 Å². The summed E-state index contributed by atoms with van der Waals surface area (Å²) in [5, 5.41) is 12.2. The van der Waals surface area contributed by atoms with Gasteiger partial charge >= 0.3 is 0 Å². The van der Waals surface area contributed by atoms with Gasteiger partial charge in [0.15, 0.2) is 17.1 Å². The van der Waals surface area contributed by atoms with Crippen LogP contribution in [0.15, 0.2) is 78.0 Å². The average molecular weight is 521 g/mol. The Kier molecular flexibility index (Phi) is 8.52. The Morgan fingerprint density at radius 2 is 1.62 bits per heavy atom. The lowest BCUT2D eigenvalue weighted by molar-refractivity contribution is -0.113. The van der Waals surface area contributed by atoms with Crippen LogP contribution in [0.25, 0.3) is 5.69 Å². The molecule has 4 rings (SSSR count). The maximum Gasteiger partial charge on any atom is 0.234 e. The number of methoxy groups -OCH3 is 3. The molecular weight excluding hydrogens is 492 g/mol. The molecular formula is C27H28N4O5S. The standard InChI is InChI=1S/C27H28N4O5S/c1-18(36-22-12-8-11-20(15-22)33-2)26-29-30-27(31(26)19-9-6-5-7-10-19)37-17-25(32)28-23-16-21(34-3)13-14-24(23)35-4/h5-16,18H,17H2,1-4H3,(H,28,32). The highest BCUT2D eigenvalue weighted by atomic mass is 32.2. The van der Waals surface area contributed by atoms with Crippen molar-refractivity contribution in [3.63, 3.8) is 0 Å².